The van der Waals surface area contributed by atoms with Gasteiger partial charge in [0, 0.05) is 31.0 Å². The van der Waals surface area contributed by atoms with Gasteiger partial charge in [-0.25, -0.2) is 9.38 Å². The molecule has 1 aromatic heterocycles. The highest BCUT2D eigenvalue weighted by Crippen LogP contribution is 2.18. The molecule has 2 rings (SSSR count). The number of aryl methyl sites for hydroxylation is 1. The number of aliphatic imine (C=N–C) groups is 1. The second-order valence-corrected chi connectivity index (χ2v) is 6.28. The Balaban J connectivity index is 1.94. The molecular formula is C18H25FN6O2. The van der Waals surface area contributed by atoms with Crippen LogP contribution < -0.4 is 16.0 Å². The minimum absolute atomic E-state index is 0.152. The smallest absolute Gasteiger partial charge is 0.246 e. The van der Waals surface area contributed by atoms with Crippen LogP contribution >= 0.6 is 0 Å². The SMILES string of the molecule is CCNC(=NCC(=O)Nc1cccc(F)c1)NCC(C)(O)c1cnn(C)c1. The van der Waals surface area contributed by atoms with E-state index in [0.717, 1.165) is 0 Å². The van der Waals surface area contributed by atoms with Crippen molar-refractivity contribution in [3.63, 3.8) is 0 Å². The molecule has 0 fully saturated rings. The molecule has 1 unspecified atom stereocenters. The fourth-order valence-electron chi connectivity index (χ4n) is 2.32. The van der Waals surface area contributed by atoms with E-state index in [1.807, 2.05) is 6.92 Å². The van der Waals surface area contributed by atoms with Crippen molar-refractivity contribution >= 4 is 17.6 Å². The predicted octanol–water partition coefficient (Wildman–Crippen LogP) is 0.960. The number of hydrogen-bond acceptors (Lipinski definition) is 4. The minimum Gasteiger partial charge on any atom is -0.383 e. The van der Waals surface area contributed by atoms with Crippen molar-refractivity contribution in [2.45, 2.75) is 19.4 Å². The maximum absolute atomic E-state index is 13.2. The average molecular weight is 376 g/mol. The zero-order valence-corrected chi connectivity index (χ0v) is 15.7. The van der Waals surface area contributed by atoms with Gasteiger partial charge in [0.05, 0.1) is 12.7 Å². The van der Waals surface area contributed by atoms with Gasteiger partial charge < -0.3 is 21.1 Å². The summed E-state index contributed by atoms with van der Waals surface area (Å²) in [5.74, 6) is -0.420. The van der Waals surface area contributed by atoms with E-state index in [-0.39, 0.29) is 19.0 Å². The molecule has 0 aliphatic heterocycles. The first-order valence-electron chi connectivity index (χ1n) is 8.59. The number of nitrogens with zero attached hydrogens (tertiary/aromatic N) is 3. The van der Waals surface area contributed by atoms with Crippen LogP contribution in [0.25, 0.3) is 0 Å². The molecule has 8 nitrogen and oxygen atoms in total. The summed E-state index contributed by atoms with van der Waals surface area (Å²) in [5.41, 5.74) is -0.126. The number of aromatic nitrogens is 2. The Morgan fingerprint density at radius 3 is 2.81 bits per heavy atom. The molecule has 0 bridgehead atoms. The van der Waals surface area contributed by atoms with E-state index in [9.17, 15) is 14.3 Å². The van der Waals surface area contributed by atoms with Crippen molar-refractivity contribution in [3.8, 4) is 0 Å². The number of halogens is 1. The van der Waals surface area contributed by atoms with Gasteiger partial charge in [0.25, 0.3) is 0 Å². The van der Waals surface area contributed by atoms with Crippen molar-refractivity contribution in [1.29, 1.82) is 0 Å². The van der Waals surface area contributed by atoms with Gasteiger partial charge in [-0.15, -0.1) is 0 Å². The zero-order chi connectivity index (χ0) is 19.9. The number of anilines is 1. The van der Waals surface area contributed by atoms with Crippen molar-refractivity contribution < 1.29 is 14.3 Å². The molecule has 1 amide bonds. The molecule has 0 saturated heterocycles. The number of guanidine groups is 1. The lowest BCUT2D eigenvalue weighted by atomic mass is 10.00. The molecule has 2 aromatic rings. The van der Waals surface area contributed by atoms with Crippen LogP contribution in [0, 0.1) is 5.82 Å². The first-order chi connectivity index (χ1) is 12.8. The maximum atomic E-state index is 13.2. The quantitative estimate of drug-likeness (QED) is 0.426. The van der Waals surface area contributed by atoms with Crippen molar-refractivity contribution in [1.82, 2.24) is 20.4 Å². The Morgan fingerprint density at radius 2 is 2.19 bits per heavy atom. The van der Waals surface area contributed by atoms with Gasteiger partial charge in [0.1, 0.15) is 18.0 Å². The van der Waals surface area contributed by atoms with Crippen LogP contribution in [-0.2, 0) is 17.4 Å². The third kappa shape index (κ3) is 6.37. The van der Waals surface area contributed by atoms with E-state index in [4.69, 9.17) is 0 Å². The second-order valence-electron chi connectivity index (χ2n) is 6.28. The van der Waals surface area contributed by atoms with Crippen LogP contribution in [-0.4, -0.2) is 46.4 Å². The Kier molecular flexibility index (Phi) is 6.89. The molecule has 1 atom stereocenters. The number of nitrogens with one attached hydrogen (secondary N) is 3. The zero-order valence-electron chi connectivity index (χ0n) is 15.7. The molecular weight excluding hydrogens is 351 g/mol. The van der Waals surface area contributed by atoms with Crippen LogP contribution in [0.3, 0.4) is 0 Å². The third-order valence-corrected chi connectivity index (χ3v) is 3.76. The van der Waals surface area contributed by atoms with Crippen LogP contribution in [0.2, 0.25) is 0 Å². The topological polar surface area (TPSA) is 104 Å². The van der Waals surface area contributed by atoms with Crippen LogP contribution in [0.15, 0.2) is 41.7 Å². The summed E-state index contributed by atoms with van der Waals surface area (Å²) >= 11 is 0. The summed E-state index contributed by atoms with van der Waals surface area (Å²) in [7, 11) is 1.77. The van der Waals surface area contributed by atoms with Crippen LogP contribution in [0.4, 0.5) is 10.1 Å². The highest BCUT2D eigenvalue weighted by molar-refractivity contribution is 5.94. The highest BCUT2D eigenvalue weighted by atomic mass is 19.1. The standard InChI is InChI=1S/C18H25FN6O2/c1-4-20-17(22-12-18(2,27)13-9-23-25(3)11-13)21-10-16(26)24-15-7-5-6-14(19)8-15/h5-9,11,27H,4,10,12H2,1-3H3,(H,24,26)(H2,20,21,22). The lowest BCUT2D eigenvalue weighted by Crippen LogP contribution is -2.44. The molecule has 27 heavy (non-hydrogen) atoms. The Hall–Kier alpha value is -2.94. The van der Waals surface area contributed by atoms with E-state index >= 15 is 0 Å². The van der Waals surface area contributed by atoms with E-state index in [0.29, 0.717) is 23.8 Å². The molecule has 1 aromatic carbocycles. The number of carbonyl (C=O) groups excluding carboxylic acids is 1. The largest absolute Gasteiger partial charge is 0.383 e. The van der Waals surface area contributed by atoms with Crippen molar-refractivity contribution in [2.24, 2.45) is 12.0 Å². The molecule has 9 heteroatoms. The third-order valence-electron chi connectivity index (χ3n) is 3.76. The van der Waals surface area contributed by atoms with Gasteiger partial charge in [0.15, 0.2) is 5.96 Å². The van der Waals surface area contributed by atoms with Gasteiger partial charge in [-0.1, -0.05) is 6.07 Å². The van der Waals surface area contributed by atoms with Crippen LogP contribution in [0.5, 0.6) is 0 Å². The molecule has 146 valence electrons. The van der Waals surface area contributed by atoms with Crippen LogP contribution in [0.1, 0.15) is 19.4 Å². The van der Waals surface area contributed by atoms with Gasteiger partial charge in [-0.2, -0.15) is 5.10 Å². The number of carbonyl (C=O) groups is 1. The predicted molar refractivity (Wildman–Crippen MR) is 102 cm³/mol. The molecule has 0 spiro atoms. The highest BCUT2D eigenvalue weighted by Gasteiger charge is 2.25. The summed E-state index contributed by atoms with van der Waals surface area (Å²) in [6.45, 7) is 4.17. The fraction of sp³-hybridized carbons (Fsp3) is 0.389. The number of rotatable bonds is 7. The van der Waals surface area contributed by atoms with E-state index in [1.54, 1.807) is 37.1 Å². The lowest BCUT2D eigenvalue weighted by Gasteiger charge is -2.23. The number of benzene rings is 1. The monoisotopic (exact) mass is 376 g/mol. The Bertz CT molecular complexity index is 803. The molecule has 0 aliphatic rings. The number of hydrogen-bond donors (Lipinski definition) is 4. The van der Waals surface area contributed by atoms with Crippen molar-refractivity contribution in [3.05, 3.63) is 48.0 Å². The normalized spacial score (nSPS) is 13.7. The van der Waals surface area contributed by atoms with E-state index in [2.05, 4.69) is 26.0 Å². The van der Waals surface area contributed by atoms with Gasteiger partial charge in [-0.3, -0.25) is 9.48 Å². The molecule has 4 N–H and O–H groups in total. The first-order valence-corrected chi connectivity index (χ1v) is 8.59. The maximum Gasteiger partial charge on any atom is 0.246 e. The summed E-state index contributed by atoms with van der Waals surface area (Å²) in [6, 6.07) is 5.64. The Morgan fingerprint density at radius 1 is 1.41 bits per heavy atom. The summed E-state index contributed by atoms with van der Waals surface area (Å²) in [6.07, 6.45) is 3.33. The van der Waals surface area contributed by atoms with Gasteiger partial charge in [0.2, 0.25) is 5.91 Å². The van der Waals surface area contributed by atoms with E-state index < -0.39 is 11.4 Å². The summed E-state index contributed by atoms with van der Waals surface area (Å²) in [5, 5.41) is 23.3. The van der Waals surface area contributed by atoms with Gasteiger partial charge >= 0.3 is 0 Å². The lowest BCUT2D eigenvalue weighted by molar-refractivity contribution is -0.114. The summed E-state index contributed by atoms with van der Waals surface area (Å²) in [4.78, 5) is 16.2. The molecule has 0 radical (unpaired) electrons. The molecule has 0 aliphatic carbocycles. The summed E-state index contributed by atoms with van der Waals surface area (Å²) < 4.78 is 14.8. The van der Waals surface area contributed by atoms with E-state index in [1.165, 1.54) is 18.2 Å². The Labute approximate surface area is 157 Å². The fourth-order valence-corrected chi connectivity index (χ4v) is 2.32. The van der Waals surface area contributed by atoms with Crippen molar-refractivity contribution in [2.75, 3.05) is 25.0 Å². The number of aliphatic hydroxyl groups is 1. The number of amides is 1. The van der Waals surface area contributed by atoms with Gasteiger partial charge in [-0.05, 0) is 32.0 Å². The molecule has 1 heterocycles. The first kappa shape index (κ1) is 20.4. The molecule has 0 saturated carbocycles. The second kappa shape index (κ2) is 9.13. The minimum atomic E-state index is -1.16. The average Bonchev–Trinajstić information content (AvgIpc) is 3.05.